The van der Waals surface area contributed by atoms with Gasteiger partial charge in [-0.2, -0.15) is 5.10 Å². The van der Waals surface area contributed by atoms with E-state index in [0.29, 0.717) is 17.0 Å². The van der Waals surface area contributed by atoms with Crippen LogP contribution < -0.4 is 4.72 Å². The largest absolute Gasteiger partial charge is 0.278 e. The molecule has 206 valence electrons. The van der Waals surface area contributed by atoms with Gasteiger partial charge in [-0.15, -0.1) is 0 Å². The van der Waals surface area contributed by atoms with E-state index in [2.05, 4.69) is 15.2 Å². The molecule has 41 heavy (non-hydrogen) atoms. The van der Waals surface area contributed by atoms with Crippen molar-refractivity contribution in [3.05, 3.63) is 131 Å². The molecule has 2 aromatic heterocycles. The number of allylic oxidation sites excluding steroid dienone is 1. The lowest BCUT2D eigenvalue weighted by Crippen LogP contribution is -2.29. The average molecular weight is 587 g/mol. The monoisotopic (exact) mass is 586 g/mol. The van der Waals surface area contributed by atoms with Gasteiger partial charge in [0.1, 0.15) is 10.7 Å². The fourth-order valence-electron chi connectivity index (χ4n) is 4.51. The van der Waals surface area contributed by atoms with Crippen LogP contribution in [0.2, 0.25) is 5.02 Å². The predicted molar refractivity (Wildman–Crippen MR) is 159 cm³/mol. The molecule has 0 atom stereocenters. The second-order valence-corrected chi connectivity index (χ2v) is 11.2. The lowest BCUT2D eigenvalue weighted by Gasteiger charge is -2.18. The minimum atomic E-state index is -4.03. The van der Waals surface area contributed by atoms with Crippen LogP contribution in [0.3, 0.4) is 0 Å². The summed E-state index contributed by atoms with van der Waals surface area (Å²) in [7, 11) is -4.03. The minimum absolute atomic E-state index is 0.105. The van der Waals surface area contributed by atoms with E-state index in [-0.39, 0.29) is 4.90 Å². The van der Waals surface area contributed by atoms with Crippen molar-refractivity contribution < 1.29 is 17.6 Å². The zero-order chi connectivity index (χ0) is 29.0. The number of benzene rings is 3. The fourth-order valence-corrected chi connectivity index (χ4v) is 5.70. The van der Waals surface area contributed by atoms with Crippen molar-refractivity contribution in [2.24, 2.45) is 0 Å². The van der Waals surface area contributed by atoms with Crippen molar-refractivity contribution in [1.29, 1.82) is 0 Å². The highest BCUT2D eigenvalue weighted by Crippen LogP contribution is 2.38. The van der Waals surface area contributed by atoms with Crippen LogP contribution in [-0.2, 0) is 14.8 Å². The van der Waals surface area contributed by atoms with Crippen molar-refractivity contribution in [3.8, 4) is 0 Å². The molecule has 0 bridgehead atoms. The summed E-state index contributed by atoms with van der Waals surface area (Å²) >= 11 is 6.50. The Labute approximate surface area is 241 Å². The molecule has 3 aromatic carbocycles. The van der Waals surface area contributed by atoms with Crippen molar-refractivity contribution in [3.63, 3.8) is 0 Å². The zero-order valence-corrected chi connectivity index (χ0v) is 23.4. The number of rotatable bonds is 8. The SMILES string of the molecule is CCC(=C(c1ccc(C=CC(=O)NS(=O)(=O)c2cccnc2)cc1)c1ccc2[nH]ncc2c1)c1ccc(F)cc1Cl. The number of carbonyl (C=O) groups excluding carboxylic acids is 1. The maximum absolute atomic E-state index is 13.9. The summed E-state index contributed by atoms with van der Waals surface area (Å²) in [5.74, 6) is -1.20. The Morgan fingerprint density at radius 2 is 1.80 bits per heavy atom. The highest BCUT2D eigenvalue weighted by molar-refractivity contribution is 7.90. The van der Waals surface area contributed by atoms with E-state index in [1.54, 1.807) is 12.3 Å². The van der Waals surface area contributed by atoms with Crippen LogP contribution in [0.4, 0.5) is 4.39 Å². The van der Waals surface area contributed by atoms with Gasteiger partial charge in [0.15, 0.2) is 0 Å². The fraction of sp³-hybridized carbons (Fsp3) is 0.0645. The third-order valence-corrected chi connectivity index (χ3v) is 8.09. The first-order chi connectivity index (χ1) is 19.7. The second-order valence-electron chi connectivity index (χ2n) is 9.12. The van der Waals surface area contributed by atoms with Crippen LogP contribution in [0.25, 0.3) is 28.1 Å². The Morgan fingerprint density at radius 1 is 1.02 bits per heavy atom. The molecule has 0 saturated carbocycles. The Hall–Kier alpha value is -4.60. The topological polar surface area (TPSA) is 105 Å². The van der Waals surface area contributed by atoms with Crippen molar-refractivity contribution in [1.82, 2.24) is 19.9 Å². The summed E-state index contributed by atoms with van der Waals surface area (Å²) in [5, 5.41) is 8.33. The summed E-state index contributed by atoms with van der Waals surface area (Å²) in [5.41, 5.74) is 5.97. The first kappa shape index (κ1) is 27.9. The van der Waals surface area contributed by atoms with Crippen LogP contribution in [0.15, 0.2) is 102 Å². The molecule has 0 aliphatic rings. The average Bonchev–Trinajstić information content (AvgIpc) is 3.44. The Kier molecular flexibility index (Phi) is 8.09. The maximum atomic E-state index is 13.9. The van der Waals surface area contributed by atoms with Crippen LogP contribution >= 0.6 is 11.6 Å². The van der Waals surface area contributed by atoms with Gasteiger partial charge >= 0.3 is 0 Å². The van der Waals surface area contributed by atoms with Gasteiger partial charge in [-0.05, 0) is 82.3 Å². The summed E-state index contributed by atoms with van der Waals surface area (Å²) in [6, 6.07) is 20.6. The number of pyridine rings is 1. The summed E-state index contributed by atoms with van der Waals surface area (Å²) in [4.78, 5) is 16.0. The molecule has 0 spiro atoms. The van der Waals surface area contributed by atoms with E-state index >= 15 is 0 Å². The third kappa shape index (κ3) is 6.26. The lowest BCUT2D eigenvalue weighted by atomic mass is 9.87. The molecule has 0 aliphatic heterocycles. The molecule has 0 saturated heterocycles. The smallest absolute Gasteiger partial charge is 0.265 e. The normalized spacial score (nSPS) is 12.5. The molecule has 5 aromatic rings. The molecule has 2 N–H and O–H groups in total. The van der Waals surface area contributed by atoms with Gasteiger partial charge in [0.05, 0.1) is 16.7 Å². The molecule has 7 nitrogen and oxygen atoms in total. The number of sulfonamides is 1. The van der Waals surface area contributed by atoms with E-state index in [4.69, 9.17) is 11.6 Å². The molecule has 0 aliphatic carbocycles. The third-order valence-electron chi connectivity index (χ3n) is 6.45. The van der Waals surface area contributed by atoms with E-state index in [1.165, 1.54) is 36.5 Å². The van der Waals surface area contributed by atoms with Gasteiger partial charge in [0, 0.05) is 23.9 Å². The first-order valence-corrected chi connectivity index (χ1v) is 14.5. The predicted octanol–water partition coefficient (Wildman–Crippen LogP) is 6.64. The van der Waals surface area contributed by atoms with Gasteiger partial charge < -0.3 is 0 Å². The van der Waals surface area contributed by atoms with Crippen LogP contribution in [0, 0.1) is 5.82 Å². The maximum Gasteiger partial charge on any atom is 0.265 e. The number of hydrogen-bond acceptors (Lipinski definition) is 5. The number of aromatic nitrogens is 3. The Balaban J connectivity index is 1.49. The summed E-state index contributed by atoms with van der Waals surface area (Å²) in [6.45, 7) is 2.01. The first-order valence-electron chi connectivity index (χ1n) is 12.6. The number of halogens is 2. The second kappa shape index (κ2) is 11.9. The summed E-state index contributed by atoms with van der Waals surface area (Å²) < 4.78 is 40.6. The molecule has 1 amide bonds. The van der Waals surface area contributed by atoms with E-state index in [9.17, 15) is 17.6 Å². The van der Waals surface area contributed by atoms with Crippen LogP contribution in [0.5, 0.6) is 0 Å². The minimum Gasteiger partial charge on any atom is -0.278 e. The highest BCUT2D eigenvalue weighted by atomic mass is 35.5. The van der Waals surface area contributed by atoms with Crippen LogP contribution in [0.1, 0.15) is 35.6 Å². The Morgan fingerprint density at radius 3 is 2.51 bits per heavy atom. The molecule has 10 heteroatoms. The standard InChI is InChI=1S/C31H24ClFN4O3S/c1-2-26(27-12-11-24(33)17-28(27)32)31(22-10-13-29-23(16-22)18-35-36-29)21-8-5-20(6-9-21)7-14-30(38)37-41(39,40)25-4-3-15-34-19-25/h3-19H,2H2,1H3,(H,35,36)(H,37,38). The quantitative estimate of drug-likeness (QED) is 0.157. The van der Waals surface area contributed by atoms with E-state index in [0.717, 1.165) is 51.0 Å². The molecule has 2 heterocycles. The number of nitrogens with zero attached hydrogens (tertiary/aromatic N) is 2. The number of hydrogen-bond donors (Lipinski definition) is 2. The molecular formula is C31H24ClFN4O3S. The number of nitrogens with one attached hydrogen (secondary N) is 2. The van der Waals surface area contributed by atoms with Gasteiger partial charge in [-0.1, -0.05) is 54.9 Å². The highest BCUT2D eigenvalue weighted by Gasteiger charge is 2.18. The van der Waals surface area contributed by atoms with Gasteiger partial charge in [0.2, 0.25) is 0 Å². The van der Waals surface area contributed by atoms with Crippen molar-refractivity contribution in [2.75, 3.05) is 0 Å². The number of aromatic amines is 1. The molecule has 0 radical (unpaired) electrons. The lowest BCUT2D eigenvalue weighted by molar-refractivity contribution is -0.114. The van der Waals surface area contributed by atoms with Crippen LogP contribution in [-0.4, -0.2) is 29.5 Å². The number of fused-ring (bicyclic) bond motifs is 1. The molecule has 0 fully saturated rings. The van der Waals surface area contributed by atoms with Crippen molar-refractivity contribution >= 4 is 55.7 Å². The zero-order valence-electron chi connectivity index (χ0n) is 21.8. The molecule has 0 unspecified atom stereocenters. The number of H-pyrrole nitrogens is 1. The summed E-state index contributed by atoms with van der Waals surface area (Å²) in [6.07, 6.45) is 7.66. The Bertz CT molecular complexity index is 1900. The number of amides is 1. The number of carbonyl (C=O) groups is 1. The van der Waals surface area contributed by atoms with Crippen molar-refractivity contribution in [2.45, 2.75) is 18.2 Å². The van der Waals surface area contributed by atoms with E-state index < -0.39 is 21.7 Å². The molecule has 5 rings (SSSR count). The van der Waals surface area contributed by atoms with Gasteiger partial charge in [-0.3, -0.25) is 14.9 Å². The molecular weight excluding hydrogens is 563 g/mol. The van der Waals surface area contributed by atoms with E-state index in [1.807, 2.05) is 54.1 Å². The van der Waals surface area contributed by atoms with Gasteiger partial charge in [0.25, 0.3) is 15.9 Å². The van der Waals surface area contributed by atoms with Gasteiger partial charge in [-0.25, -0.2) is 17.5 Å².